The Kier molecular flexibility index (Phi) is 9.00. The third-order valence-corrected chi connectivity index (χ3v) is 5.79. The molecule has 4 heterocycles. The van der Waals surface area contributed by atoms with E-state index < -0.39 is 24.3 Å². The molecule has 2 aromatic rings. The Bertz CT molecular complexity index is 1150. The number of carboxylic acid groups (broad SMARTS) is 2. The zero-order valence-electron chi connectivity index (χ0n) is 19.5. The fraction of sp³-hybridized carbons (Fsp3) is 0.524. The summed E-state index contributed by atoms with van der Waals surface area (Å²) in [6.45, 7) is 7.24. The van der Waals surface area contributed by atoms with E-state index in [0.717, 1.165) is 43.9 Å². The number of aromatic nitrogens is 4. The van der Waals surface area contributed by atoms with Crippen LogP contribution in [0.2, 0.25) is 0 Å². The maximum absolute atomic E-state index is 12.8. The van der Waals surface area contributed by atoms with Gasteiger partial charge < -0.3 is 10.2 Å². The van der Waals surface area contributed by atoms with Crippen LogP contribution in [0.1, 0.15) is 32.5 Å². The second-order valence-electron chi connectivity index (χ2n) is 8.52. The highest BCUT2D eigenvalue weighted by Crippen LogP contribution is 2.41. The summed E-state index contributed by atoms with van der Waals surface area (Å²) >= 11 is 0. The van der Waals surface area contributed by atoms with Crippen LogP contribution in [0, 0.1) is 0 Å². The lowest BCUT2D eigenvalue weighted by molar-refractivity contribution is -0.193. The monoisotopic (exact) mass is 539 g/mol. The molecule has 2 aliphatic rings. The molecule has 0 saturated carbocycles. The molecule has 1 atom stereocenters. The van der Waals surface area contributed by atoms with Gasteiger partial charge in [0.1, 0.15) is 5.82 Å². The Morgan fingerprint density at radius 1 is 0.946 bits per heavy atom. The van der Waals surface area contributed by atoms with Gasteiger partial charge in [0.15, 0.2) is 5.69 Å². The van der Waals surface area contributed by atoms with E-state index >= 15 is 0 Å². The molecule has 0 bridgehead atoms. The van der Waals surface area contributed by atoms with Crippen LogP contribution in [-0.4, -0.2) is 78.3 Å². The van der Waals surface area contributed by atoms with Crippen molar-refractivity contribution in [3.63, 3.8) is 0 Å². The largest absolute Gasteiger partial charge is 0.490 e. The molecular formula is C21H23F6N5O5. The smallest absolute Gasteiger partial charge is 0.475 e. The average molecular weight is 539 g/mol. The maximum atomic E-state index is 12.8. The van der Waals surface area contributed by atoms with Gasteiger partial charge in [0.2, 0.25) is 0 Å². The number of rotatable bonds is 2. The van der Waals surface area contributed by atoms with Crippen LogP contribution in [0.5, 0.6) is 0 Å². The molecule has 4 rings (SSSR count). The average Bonchev–Trinajstić information content (AvgIpc) is 3.40. The standard InChI is InChI=1S/C17H21N5O.2C2HF3O2/c1-12(2)21-9-5-17(11-21)6-10-22-15(23)14(19-20-16(17)22)13-3-7-18-8-4-13;2*3-2(4,5)1(6)7/h3-4,7-8,12H,5-6,9-11H2,1-2H3;2*(H,6,7). The van der Waals surface area contributed by atoms with E-state index in [0.29, 0.717) is 11.7 Å². The second-order valence-corrected chi connectivity index (χ2v) is 8.52. The van der Waals surface area contributed by atoms with Crippen LogP contribution in [0.25, 0.3) is 11.3 Å². The van der Waals surface area contributed by atoms with Crippen LogP contribution in [-0.2, 0) is 21.5 Å². The van der Waals surface area contributed by atoms with Crippen LogP contribution >= 0.6 is 0 Å². The molecule has 1 spiro atoms. The van der Waals surface area contributed by atoms with Crippen LogP contribution in [0.15, 0.2) is 29.3 Å². The Labute approximate surface area is 205 Å². The van der Waals surface area contributed by atoms with Gasteiger partial charge in [0.05, 0.1) is 0 Å². The number of carboxylic acids is 2. The van der Waals surface area contributed by atoms with Gasteiger partial charge in [-0.15, -0.1) is 10.2 Å². The predicted octanol–water partition coefficient (Wildman–Crippen LogP) is 2.72. The number of fused-ring (bicyclic) bond motifs is 2. The summed E-state index contributed by atoms with van der Waals surface area (Å²) in [6, 6.07) is 4.14. The number of pyridine rings is 1. The number of nitrogens with zero attached hydrogens (tertiary/aromatic N) is 5. The molecule has 2 aromatic heterocycles. The van der Waals surface area contributed by atoms with Crippen molar-refractivity contribution in [2.45, 2.75) is 57.0 Å². The molecule has 37 heavy (non-hydrogen) atoms. The lowest BCUT2D eigenvalue weighted by Crippen LogP contribution is -2.35. The predicted molar refractivity (Wildman–Crippen MR) is 115 cm³/mol. The first-order chi connectivity index (χ1) is 17.0. The Morgan fingerprint density at radius 3 is 1.86 bits per heavy atom. The summed E-state index contributed by atoms with van der Waals surface area (Å²) in [7, 11) is 0. The number of carbonyl (C=O) groups is 2. The molecular weight excluding hydrogens is 516 g/mol. The molecule has 1 fully saturated rings. The summed E-state index contributed by atoms with van der Waals surface area (Å²) < 4.78 is 65.3. The van der Waals surface area contributed by atoms with Crippen molar-refractivity contribution in [3.8, 4) is 11.3 Å². The first kappa shape index (κ1) is 29.7. The number of hydrogen-bond donors (Lipinski definition) is 2. The van der Waals surface area contributed by atoms with Crippen molar-refractivity contribution < 1.29 is 46.1 Å². The van der Waals surface area contributed by atoms with Gasteiger partial charge in [-0.25, -0.2) is 9.59 Å². The summed E-state index contributed by atoms with van der Waals surface area (Å²) in [5, 5.41) is 23.0. The molecule has 0 amide bonds. The highest BCUT2D eigenvalue weighted by Gasteiger charge is 2.47. The van der Waals surface area contributed by atoms with Gasteiger partial charge in [0, 0.05) is 42.5 Å². The molecule has 10 nitrogen and oxygen atoms in total. The molecule has 0 aliphatic carbocycles. The van der Waals surface area contributed by atoms with E-state index in [1.807, 2.05) is 4.57 Å². The molecule has 16 heteroatoms. The highest BCUT2D eigenvalue weighted by molar-refractivity contribution is 5.73. The molecule has 1 saturated heterocycles. The molecule has 0 radical (unpaired) electrons. The third kappa shape index (κ3) is 7.24. The SMILES string of the molecule is CC(C)N1CCC2(CCn3c2nnc(-c2ccncc2)c3=O)C1.O=C(O)C(F)(F)F.O=C(O)C(F)(F)F. The zero-order valence-corrected chi connectivity index (χ0v) is 19.5. The van der Waals surface area contributed by atoms with Gasteiger partial charge in [-0.2, -0.15) is 26.3 Å². The van der Waals surface area contributed by atoms with Crippen LogP contribution in [0.3, 0.4) is 0 Å². The minimum atomic E-state index is -5.08. The minimum absolute atomic E-state index is 0.00715. The topological polar surface area (TPSA) is 139 Å². The number of likely N-dealkylation sites (tertiary alicyclic amines) is 1. The lowest BCUT2D eigenvalue weighted by atomic mass is 9.85. The van der Waals surface area contributed by atoms with Gasteiger partial charge in [0.25, 0.3) is 5.56 Å². The second kappa shape index (κ2) is 11.2. The first-order valence-corrected chi connectivity index (χ1v) is 10.7. The van der Waals surface area contributed by atoms with Crippen LogP contribution in [0.4, 0.5) is 26.3 Å². The van der Waals surface area contributed by atoms with E-state index in [2.05, 4.69) is 33.9 Å². The van der Waals surface area contributed by atoms with Crippen LogP contribution < -0.4 is 5.56 Å². The van der Waals surface area contributed by atoms with E-state index in [-0.39, 0.29) is 11.0 Å². The van der Waals surface area contributed by atoms with Gasteiger partial charge >= 0.3 is 24.3 Å². The normalized spacial score (nSPS) is 19.1. The van der Waals surface area contributed by atoms with Gasteiger partial charge in [-0.1, -0.05) is 0 Å². The zero-order chi connectivity index (χ0) is 28.2. The van der Waals surface area contributed by atoms with Crippen molar-refractivity contribution in [2.24, 2.45) is 0 Å². The first-order valence-electron chi connectivity index (χ1n) is 10.7. The summed E-state index contributed by atoms with van der Waals surface area (Å²) in [6.07, 6.45) is -4.77. The van der Waals surface area contributed by atoms with Gasteiger partial charge in [-0.3, -0.25) is 19.2 Å². The number of alkyl halides is 6. The lowest BCUT2D eigenvalue weighted by Gasteiger charge is -2.25. The summed E-state index contributed by atoms with van der Waals surface area (Å²) in [4.78, 5) is 37.1. The summed E-state index contributed by atoms with van der Waals surface area (Å²) in [5.41, 5.74) is 1.18. The molecule has 2 N–H and O–H groups in total. The molecule has 0 aromatic carbocycles. The van der Waals surface area contributed by atoms with Crippen molar-refractivity contribution >= 4 is 11.9 Å². The quantitative estimate of drug-likeness (QED) is 0.552. The fourth-order valence-electron chi connectivity index (χ4n) is 3.88. The van der Waals surface area contributed by atoms with E-state index in [1.54, 1.807) is 24.5 Å². The number of halogens is 6. The van der Waals surface area contributed by atoms with Crippen molar-refractivity contribution in [1.29, 1.82) is 0 Å². The van der Waals surface area contributed by atoms with Gasteiger partial charge in [-0.05, 0) is 45.4 Å². The Balaban J connectivity index is 0.000000286. The fourth-order valence-corrected chi connectivity index (χ4v) is 3.88. The molecule has 204 valence electrons. The van der Waals surface area contributed by atoms with E-state index in [1.165, 1.54) is 0 Å². The Hall–Kier alpha value is -3.56. The van der Waals surface area contributed by atoms with Crippen molar-refractivity contribution in [3.05, 3.63) is 40.7 Å². The highest BCUT2D eigenvalue weighted by atomic mass is 19.4. The third-order valence-electron chi connectivity index (χ3n) is 5.79. The van der Waals surface area contributed by atoms with E-state index in [9.17, 15) is 31.1 Å². The number of hydrogen-bond acceptors (Lipinski definition) is 7. The summed E-state index contributed by atoms with van der Waals surface area (Å²) in [5.74, 6) is -4.64. The Morgan fingerprint density at radius 2 is 1.43 bits per heavy atom. The number of aliphatic carboxylic acids is 2. The molecule has 2 aliphatic heterocycles. The van der Waals surface area contributed by atoms with Crippen molar-refractivity contribution in [2.75, 3.05) is 13.1 Å². The maximum Gasteiger partial charge on any atom is 0.490 e. The minimum Gasteiger partial charge on any atom is -0.475 e. The van der Waals surface area contributed by atoms with Crippen molar-refractivity contribution in [1.82, 2.24) is 24.6 Å². The van der Waals surface area contributed by atoms with E-state index in [4.69, 9.17) is 19.8 Å². The molecule has 1 unspecified atom stereocenters.